The summed E-state index contributed by atoms with van der Waals surface area (Å²) in [6.45, 7) is 0. The Morgan fingerprint density at radius 2 is 2.46 bits per heavy atom. The highest BCUT2D eigenvalue weighted by molar-refractivity contribution is 5.54. The van der Waals surface area contributed by atoms with Crippen molar-refractivity contribution in [3.63, 3.8) is 0 Å². The van der Waals surface area contributed by atoms with Crippen molar-refractivity contribution >= 4 is 6.29 Å². The third kappa shape index (κ3) is 2.96. The minimum absolute atomic E-state index is 0.256. The van der Waals surface area contributed by atoms with Crippen LogP contribution in [0.5, 0.6) is 5.88 Å². The summed E-state index contributed by atoms with van der Waals surface area (Å²) >= 11 is 0. The molecule has 1 aromatic heterocycles. The lowest BCUT2D eigenvalue weighted by molar-refractivity contribution is -0.107. The summed E-state index contributed by atoms with van der Waals surface area (Å²) in [4.78, 5) is 13.9. The van der Waals surface area contributed by atoms with E-state index in [2.05, 4.69) is 16.8 Å². The molecule has 13 heavy (non-hydrogen) atoms. The Morgan fingerprint density at radius 1 is 1.62 bits per heavy atom. The van der Waals surface area contributed by atoms with Gasteiger partial charge in [0, 0.05) is 17.8 Å². The largest absolute Gasteiger partial charge is 0.481 e. The first kappa shape index (κ1) is 9.27. The van der Waals surface area contributed by atoms with Gasteiger partial charge < -0.3 is 9.53 Å². The molecule has 1 heterocycles. The zero-order chi connectivity index (χ0) is 9.52. The Kier molecular flexibility index (Phi) is 3.52. The highest BCUT2D eigenvalue weighted by atomic mass is 16.5. The van der Waals surface area contributed by atoms with Gasteiger partial charge in [0.1, 0.15) is 6.29 Å². The van der Waals surface area contributed by atoms with Gasteiger partial charge in [-0.2, -0.15) is 0 Å². The molecular formula is C10H9NO2. The number of ether oxygens (including phenoxy) is 1. The Labute approximate surface area is 76.8 Å². The zero-order valence-electron chi connectivity index (χ0n) is 7.28. The summed E-state index contributed by atoms with van der Waals surface area (Å²) in [5, 5.41) is 0. The highest BCUT2D eigenvalue weighted by Gasteiger charge is 1.90. The molecule has 0 amide bonds. The molecule has 0 radical (unpaired) electrons. The van der Waals surface area contributed by atoms with Gasteiger partial charge in [-0.3, -0.25) is 0 Å². The standard InChI is InChI=1S/C10H9NO2/c1-13-10-6-5-9(8-11-10)4-2-3-7-12/h5-8H,3H2,1H3. The number of hydrogen-bond donors (Lipinski definition) is 0. The minimum Gasteiger partial charge on any atom is -0.481 e. The average Bonchev–Trinajstić information content (AvgIpc) is 2.19. The van der Waals surface area contributed by atoms with Gasteiger partial charge in [0.05, 0.1) is 13.5 Å². The van der Waals surface area contributed by atoms with Crippen molar-refractivity contribution in [2.75, 3.05) is 7.11 Å². The number of nitrogens with zero attached hydrogens (tertiary/aromatic N) is 1. The summed E-state index contributed by atoms with van der Waals surface area (Å²) in [6.07, 6.45) is 2.63. The molecule has 0 bridgehead atoms. The van der Waals surface area contributed by atoms with E-state index in [9.17, 15) is 4.79 Å². The van der Waals surface area contributed by atoms with Crippen LogP contribution in [0.25, 0.3) is 0 Å². The summed E-state index contributed by atoms with van der Waals surface area (Å²) in [6, 6.07) is 3.52. The lowest BCUT2D eigenvalue weighted by Gasteiger charge is -1.95. The summed E-state index contributed by atoms with van der Waals surface area (Å²) in [5.74, 6) is 6.04. The van der Waals surface area contributed by atoms with Crippen molar-refractivity contribution in [3.05, 3.63) is 23.9 Å². The normalized spacial score (nSPS) is 8.38. The van der Waals surface area contributed by atoms with Crippen molar-refractivity contribution in [2.24, 2.45) is 0 Å². The minimum atomic E-state index is 0.256. The highest BCUT2D eigenvalue weighted by Crippen LogP contribution is 2.04. The van der Waals surface area contributed by atoms with E-state index >= 15 is 0 Å². The first-order valence-electron chi connectivity index (χ1n) is 3.79. The smallest absolute Gasteiger partial charge is 0.212 e. The zero-order valence-corrected chi connectivity index (χ0v) is 7.28. The average molecular weight is 175 g/mol. The summed E-state index contributed by atoms with van der Waals surface area (Å²) in [7, 11) is 1.56. The first-order chi connectivity index (χ1) is 6.36. The van der Waals surface area contributed by atoms with Crippen LogP contribution in [0.15, 0.2) is 18.3 Å². The molecule has 0 unspecified atom stereocenters. The van der Waals surface area contributed by atoms with Crippen molar-refractivity contribution in [2.45, 2.75) is 6.42 Å². The molecule has 66 valence electrons. The molecule has 0 saturated heterocycles. The molecule has 0 saturated carbocycles. The van der Waals surface area contributed by atoms with Crippen molar-refractivity contribution in [3.8, 4) is 17.7 Å². The molecular weight excluding hydrogens is 166 g/mol. The van der Waals surface area contributed by atoms with Crippen LogP contribution >= 0.6 is 0 Å². The molecule has 0 aliphatic heterocycles. The molecule has 0 aromatic carbocycles. The van der Waals surface area contributed by atoms with E-state index in [0.717, 1.165) is 11.8 Å². The van der Waals surface area contributed by atoms with Crippen LogP contribution in [0.2, 0.25) is 0 Å². The van der Waals surface area contributed by atoms with Crippen molar-refractivity contribution in [1.82, 2.24) is 4.98 Å². The predicted octanol–water partition coefficient (Wildman–Crippen LogP) is 1.03. The maximum Gasteiger partial charge on any atom is 0.212 e. The summed E-state index contributed by atoms with van der Waals surface area (Å²) < 4.78 is 4.88. The first-order valence-corrected chi connectivity index (χ1v) is 3.79. The fourth-order valence-electron chi connectivity index (χ4n) is 0.770. The molecule has 0 N–H and O–H groups in total. The summed E-state index contributed by atoms with van der Waals surface area (Å²) in [5.41, 5.74) is 0.780. The van der Waals surface area contributed by atoms with Crippen molar-refractivity contribution < 1.29 is 9.53 Å². The maximum atomic E-state index is 9.96. The number of rotatable bonds is 2. The van der Waals surface area contributed by atoms with Crippen LogP contribution in [0, 0.1) is 11.8 Å². The molecule has 1 rings (SSSR count). The Bertz CT molecular complexity index is 332. The second-order valence-corrected chi connectivity index (χ2v) is 2.26. The second-order valence-electron chi connectivity index (χ2n) is 2.26. The molecule has 0 fully saturated rings. The predicted molar refractivity (Wildman–Crippen MR) is 48.3 cm³/mol. The number of pyridine rings is 1. The number of carbonyl (C=O) groups is 1. The van der Waals surface area contributed by atoms with Gasteiger partial charge >= 0.3 is 0 Å². The number of aldehydes is 1. The second kappa shape index (κ2) is 4.94. The van der Waals surface area contributed by atoms with Crippen LogP contribution in [0.1, 0.15) is 12.0 Å². The topological polar surface area (TPSA) is 39.2 Å². The third-order valence-electron chi connectivity index (χ3n) is 1.36. The number of aromatic nitrogens is 1. The Hall–Kier alpha value is -1.82. The van der Waals surface area contributed by atoms with Crippen LogP contribution < -0.4 is 4.74 Å². The van der Waals surface area contributed by atoms with Crippen LogP contribution in [-0.2, 0) is 4.79 Å². The quantitative estimate of drug-likeness (QED) is 0.497. The molecule has 0 aliphatic rings. The Morgan fingerprint density at radius 3 is 3.00 bits per heavy atom. The van der Waals surface area contributed by atoms with Crippen LogP contribution in [0.4, 0.5) is 0 Å². The number of methoxy groups -OCH3 is 1. The number of hydrogen-bond acceptors (Lipinski definition) is 3. The van der Waals surface area contributed by atoms with E-state index in [1.807, 2.05) is 0 Å². The van der Waals surface area contributed by atoms with E-state index in [1.165, 1.54) is 0 Å². The van der Waals surface area contributed by atoms with E-state index in [-0.39, 0.29) is 6.42 Å². The SMILES string of the molecule is COc1ccc(C#CCC=O)cn1. The van der Waals surface area contributed by atoms with Gasteiger partial charge in [-0.15, -0.1) is 0 Å². The lowest BCUT2D eigenvalue weighted by atomic mass is 10.3. The molecule has 0 spiro atoms. The molecule has 3 heteroatoms. The van der Waals surface area contributed by atoms with Gasteiger partial charge in [-0.25, -0.2) is 4.98 Å². The van der Waals surface area contributed by atoms with E-state index in [1.54, 1.807) is 25.4 Å². The Balaban J connectivity index is 2.70. The molecule has 1 aromatic rings. The van der Waals surface area contributed by atoms with Crippen LogP contribution in [-0.4, -0.2) is 18.4 Å². The molecule has 0 aliphatic carbocycles. The van der Waals surface area contributed by atoms with E-state index < -0.39 is 0 Å². The maximum absolute atomic E-state index is 9.96. The fraction of sp³-hybridized carbons (Fsp3) is 0.200. The monoisotopic (exact) mass is 175 g/mol. The van der Waals surface area contributed by atoms with Gasteiger partial charge in [-0.1, -0.05) is 11.8 Å². The molecule has 0 atom stereocenters. The van der Waals surface area contributed by atoms with Gasteiger partial charge in [0.25, 0.3) is 0 Å². The van der Waals surface area contributed by atoms with Gasteiger partial charge in [-0.05, 0) is 6.07 Å². The number of carbonyl (C=O) groups excluding carboxylic acids is 1. The third-order valence-corrected chi connectivity index (χ3v) is 1.36. The fourth-order valence-corrected chi connectivity index (χ4v) is 0.770. The van der Waals surface area contributed by atoms with Gasteiger partial charge in [0.2, 0.25) is 5.88 Å². The molecule has 3 nitrogen and oxygen atoms in total. The van der Waals surface area contributed by atoms with E-state index in [0.29, 0.717) is 5.88 Å². The lowest BCUT2D eigenvalue weighted by Crippen LogP contribution is -1.86. The van der Waals surface area contributed by atoms with Crippen LogP contribution in [0.3, 0.4) is 0 Å². The van der Waals surface area contributed by atoms with E-state index in [4.69, 9.17) is 4.74 Å². The van der Waals surface area contributed by atoms with Gasteiger partial charge in [0.15, 0.2) is 0 Å². The van der Waals surface area contributed by atoms with Crippen molar-refractivity contribution in [1.29, 1.82) is 0 Å².